The van der Waals surface area contributed by atoms with E-state index in [-0.39, 0.29) is 23.2 Å². The third-order valence-electron chi connectivity index (χ3n) is 4.65. The van der Waals surface area contributed by atoms with E-state index in [0.29, 0.717) is 23.6 Å². The molecule has 1 aromatic carbocycles. The number of rotatable bonds is 9. The predicted octanol–water partition coefficient (Wildman–Crippen LogP) is 8.90. The number of nitrogens with zero attached hydrogens (tertiary/aromatic N) is 3. The molecule has 0 aliphatic carbocycles. The molecule has 1 amide bonds. The Labute approximate surface area is 268 Å². The van der Waals surface area contributed by atoms with E-state index >= 15 is 0 Å². The van der Waals surface area contributed by atoms with E-state index in [4.69, 9.17) is 21.4 Å². The van der Waals surface area contributed by atoms with Crippen molar-refractivity contribution in [2.24, 2.45) is 0 Å². The van der Waals surface area contributed by atoms with Gasteiger partial charge in [0.2, 0.25) is 0 Å². The third kappa shape index (κ3) is 19.8. The van der Waals surface area contributed by atoms with Crippen LogP contribution in [0.4, 0.5) is 19.4 Å². The van der Waals surface area contributed by atoms with Crippen LogP contribution < -0.4 is 10.1 Å². The zero-order valence-corrected chi connectivity index (χ0v) is 28.9. The number of ether oxygens (including phenoxy) is 2. The number of hydrogen-bond acceptors (Lipinski definition) is 6. The Morgan fingerprint density at radius 2 is 1.75 bits per heavy atom. The summed E-state index contributed by atoms with van der Waals surface area (Å²) >= 11 is 6.11. The van der Waals surface area contributed by atoms with Gasteiger partial charge in [-0.15, -0.1) is 17.4 Å². The number of nitrogens with one attached hydrogen (secondary N) is 1. The lowest BCUT2D eigenvalue weighted by Gasteiger charge is -2.24. The Bertz CT molecular complexity index is 1220. The maximum absolute atomic E-state index is 12.7. The third-order valence-corrected chi connectivity index (χ3v) is 6.26. The zero-order valence-electron chi connectivity index (χ0n) is 27.4. The molecule has 3 rings (SSSR count). The summed E-state index contributed by atoms with van der Waals surface area (Å²) in [6.07, 6.45) is 16.2. The van der Waals surface area contributed by atoms with Crippen molar-refractivity contribution in [3.63, 3.8) is 0 Å². The van der Waals surface area contributed by atoms with Crippen molar-refractivity contribution in [2.75, 3.05) is 43.1 Å². The molecule has 0 unspecified atom stereocenters. The molecule has 248 valence electrons. The Kier molecular flexibility index (Phi) is 24.4. The van der Waals surface area contributed by atoms with Gasteiger partial charge in [0.05, 0.1) is 17.6 Å². The fraction of sp³-hybridized carbons (Fsp3) is 0.469. The highest BCUT2D eigenvalue weighted by Crippen LogP contribution is 2.34. The van der Waals surface area contributed by atoms with Crippen LogP contribution in [0.5, 0.6) is 5.75 Å². The van der Waals surface area contributed by atoms with Crippen molar-refractivity contribution < 1.29 is 28.2 Å². The average Bonchev–Trinajstić information content (AvgIpc) is 3.38. The summed E-state index contributed by atoms with van der Waals surface area (Å²) in [6.45, 7) is 9.25. The van der Waals surface area contributed by atoms with E-state index in [1.54, 1.807) is 50.5 Å². The molecule has 8 nitrogen and oxygen atoms in total. The molecule has 0 aliphatic rings. The summed E-state index contributed by atoms with van der Waals surface area (Å²) in [4.78, 5) is 16.3. The molecule has 0 saturated heterocycles. The Morgan fingerprint density at radius 3 is 2.23 bits per heavy atom. The van der Waals surface area contributed by atoms with Gasteiger partial charge >= 0.3 is 12.7 Å². The van der Waals surface area contributed by atoms with E-state index in [0.717, 1.165) is 5.75 Å². The molecule has 0 spiro atoms. The number of alkyl halides is 2. The molecule has 0 fully saturated rings. The van der Waals surface area contributed by atoms with E-state index in [9.17, 15) is 13.6 Å². The van der Waals surface area contributed by atoms with Gasteiger partial charge in [0.1, 0.15) is 12.4 Å². The van der Waals surface area contributed by atoms with Crippen molar-refractivity contribution in [1.82, 2.24) is 14.8 Å². The van der Waals surface area contributed by atoms with Gasteiger partial charge in [-0.3, -0.25) is 10.3 Å². The molecule has 2 aromatic heterocycles. The lowest BCUT2D eigenvalue weighted by Crippen LogP contribution is -2.17. The van der Waals surface area contributed by atoms with Gasteiger partial charge in [-0.2, -0.15) is 8.78 Å². The SMILES string of the molecule is C#CC.CC.CCCC.CCO.CS(C)(C)CCOC(=O)Nc1cc(-c2cc(Cl)cc(OC(F)F)c2)n(-c2cccnc2)n1. The molecule has 44 heavy (non-hydrogen) atoms. The molecule has 2 N–H and O–H groups in total. The standard InChI is InChI=1S/C21H23ClF2N4O3S.C4H10.C3H4.C2H6O.C2H6/c1-32(2,3)8-7-30-21(29)26-19-12-18(28(27-19)16-5-4-6-25-13-16)14-9-15(22)11-17(10-14)31-20(23)24;1-3-4-2;1-3-2;1-2-3;1-2/h4-6,9-13,20H,7-8H2,1-3H3,(H,26,27,29);3-4H2,1-2H3;1H,2H3;3H,2H2,1H3;1-2H3. The van der Waals surface area contributed by atoms with Crippen LogP contribution in [0, 0.1) is 12.3 Å². The van der Waals surface area contributed by atoms with Crippen LogP contribution in [0.2, 0.25) is 5.02 Å². The van der Waals surface area contributed by atoms with E-state index in [1.165, 1.54) is 29.7 Å². The average molecular weight is 659 g/mol. The summed E-state index contributed by atoms with van der Waals surface area (Å²) in [7, 11) is -0.794. The number of aromatic nitrogens is 3. The number of amides is 1. The first-order valence-electron chi connectivity index (χ1n) is 14.2. The lowest BCUT2D eigenvalue weighted by molar-refractivity contribution is -0.0498. The summed E-state index contributed by atoms with van der Waals surface area (Å²) in [5, 5.41) is 14.8. The van der Waals surface area contributed by atoms with E-state index < -0.39 is 22.7 Å². The fourth-order valence-electron chi connectivity index (χ4n) is 2.73. The Morgan fingerprint density at radius 1 is 1.16 bits per heavy atom. The van der Waals surface area contributed by atoms with Crippen LogP contribution >= 0.6 is 21.6 Å². The maximum atomic E-state index is 12.7. The summed E-state index contributed by atoms with van der Waals surface area (Å²) in [6, 6.07) is 9.35. The second-order valence-corrected chi connectivity index (χ2v) is 14.3. The minimum atomic E-state index is -2.99. The number of anilines is 1. The maximum Gasteiger partial charge on any atom is 0.412 e. The molecular weight excluding hydrogens is 610 g/mol. The number of pyridine rings is 1. The normalized spacial score (nSPS) is 10.1. The molecule has 2 heterocycles. The van der Waals surface area contributed by atoms with Crippen molar-refractivity contribution in [2.45, 2.75) is 61.0 Å². The van der Waals surface area contributed by atoms with Crippen molar-refractivity contribution in [1.29, 1.82) is 0 Å². The molecule has 0 saturated carbocycles. The molecule has 0 radical (unpaired) electrons. The van der Waals surface area contributed by atoms with Gasteiger partial charge in [0, 0.05) is 35.2 Å². The topological polar surface area (TPSA) is 98.5 Å². The van der Waals surface area contributed by atoms with Crippen LogP contribution in [-0.4, -0.2) is 70.3 Å². The predicted molar refractivity (Wildman–Crippen MR) is 183 cm³/mol. The Balaban J connectivity index is 0. The molecule has 0 aliphatic heterocycles. The number of terminal acetylenes is 1. The molecule has 3 aromatic rings. The van der Waals surface area contributed by atoms with Gasteiger partial charge in [0.15, 0.2) is 5.82 Å². The first kappa shape index (κ1) is 42.8. The molecule has 12 heteroatoms. The van der Waals surface area contributed by atoms with Gasteiger partial charge in [0.25, 0.3) is 0 Å². The lowest BCUT2D eigenvalue weighted by atomic mass is 10.1. The summed E-state index contributed by atoms with van der Waals surface area (Å²) < 4.78 is 36.7. The first-order valence-corrected chi connectivity index (χ1v) is 17.6. The van der Waals surface area contributed by atoms with Crippen LogP contribution in [0.1, 0.15) is 54.4 Å². The van der Waals surface area contributed by atoms with Gasteiger partial charge in [-0.1, -0.05) is 52.1 Å². The molecular formula is C32H49ClF2N4O4S. The quantitative estimate of drug-likeness (QED) is 0.223. The number of hydrogen-bond donors (Lipinski definition) is 2. The number of aliphatic hydroxyl groups excluding tert-OH is 1. The number of aliphatic hydroxyl groups is 1. The largest absolute Gasteiger partial charge is 0.448 e. The van der Waals surface area contributed by atoms with Crippen LogP contribution in [0.3, 0.4) is 0 Å². The second-order valence-electron chi connectivity index (χ2n) is 9.25. The van der Waals surface area contributed by atoms with Crippen molar-refractivity contribution in [3.05, 3.63) is 53.8 Å². The van der Waals surface area contributed by atoms with E-state index in [2.05, 4.69) is 65.1 Å². The van der Waals surface area contributed by atoms with Crippen LogP contribution in [-0.2, 0) is 4.74 Å². The van der Waals surface area contributed by atoms with E-state index in [1.807, 2.05) is 13.8 Å². The number of benzene rings is 1. The van der Waals surface area contributed by atoms with Crippen molar-refractivity contribution >= 4 is 33.5 Å². The monoisotopic (exact) mass is 658 g/mol. The Hall–Kier alpha value is -3.33. The van der Waals surface area contributed by atoms with Crippen LogP contribution in [0.15, 0.2) is 48.8 Å². The summed E-state index contributed by atoms with van der Waals surface area (Å²) in [5.41, 5.74) is 1.54. The minimum Gasteiger partial charge on any atom is -0.448 e. The smallest absolute Gasteiger partial charge is 0.412 e. The number of carbonyl (C=O) groups is 1. The van der Waals surface area contributed by atoms with Crippen molar-refractivity contribution in [3.8, 4) is 35.0 Å². The molecule has 0 bridgehead atoms. The molecule has 0 atom stereocenters. The summed E-state index contributed by atoms with van der Waals surface area (Å²) in [5.74, 6) is 3.15. The highest BCUT2D eigenvalue weighted by molar-refractivity contribution is 8.32. The minimum absolute atomic E-state index is 0.0972. The number of unbranched alkanes of at least 4 members (excludes halogenated alkanes) is 1. The van der Waals surface area contributed by atoms with Crippen LogP contribution in [0.25, 0.3) is 16.9 Å². The fourth-order valence-corrected chi connectivity index (χ4v) is 3.54. The second kappa shape index (κ2) is 25.0. The number of halogens is 3. The highest BCUT2D eigenvalue weighted by Gasteiger charge is 2.17. The first-order chi connectivity index (χ1) is 20.8. The zero-order chi connectivity index (χ0) is 34.1. The van der Waals surface area contributed by atoms with Gasteiger partial charge < -0.3 is 14.6 Å². The highest BCUT2D eigenvalue weighted by atomic mass is 35.5. The van der Waals surface area contributed by atoms with Gasteiger partial charge in [-0.25, -0.2) is 19.5 Å². The number of carbonyl (C=O) groups excluding carboxylic acids is 1. The van der Waals surface area contributed by atoms with Gasteiger partial charge in [-0.05, 0) is 62.9 Å².